The molecule has 4 rings (SSSR count). The normalized spacial score (nSPS) is 16.1. The smallest absolute Gasteiger partial charge is 0.221 e. The Labute approximate surface area is 196 Å². The van der Waals surface area contributed by atoms with Crippen molar-refractivity contribution in [2.45, 2.75) is 44.6 Å². The number of para-hydroxylation sites is 2. The van der Waals surface area contributed by atoms with Gasteiger partial charge >= 0.3 is 0 Å². The van der Waals surface area contributed by atoms with Gasteiger partial charge in [0.05, 0.1) is 11.0 Å². The molecule has 0 spiro atoms. The van der Waals surface area contributed by atoms with Crippen LogP contribution in [-0.4, -0.2) is 22.0 Å². The van der Waals surface area contributed by atoms with Crippen molar-refractivity contribution < 1.29 is 4.79 Å². The van der Waals surface area contributed by atoms with E-state index in [1.807, 2.05) is 55.6 Å². The van der Waals surface area contributed by atoms with Gasteiger partial charge in [0.2, 0.25) is 5.91 Å². The zero-order valence-electron chi connectivity index (χ0n) is 17.9. The molecule has 1 saturated carbocycles. The molecule has 0 bridgehead atoms. The minimum absolute atomic E-state index is 0. The number of amides is 1. The summed E-state index contributed by atoms with van der Waals surface area (Å²) >= 11 is 0. The number of fused-ring (bicyclic) bond motifs is 1. The van der Waals surface area contributed by atoms with E-state index in [0.717, 1.165) is 48.1 Å². The summed E-state index contributed by atoms with van der Waals surface area (Å²) in [5.74, 6) is 0.898. The number of rotatable bonds is 6. The first-order valence-electron chi connectivity index (χ1n) is 10.6. The quantitative estimate of drug-likeness (QED) is 0.545. The fourth-order valence-electron chi connectivity index (χ4n) is 4.67. The van der Waals surface area contributed by atoms with Crippen molar-refractivity contribution in [3.8, 4) is 0 Å². The van der Waals surface area contributed by atoms with E-state index in [-0.39, 0.29) is 42.2 Å². The van der Waals surface area contributed by atoms with Crippen molar-refractivity contribution in [3.05, 3.63) is 66.0 Å². The molecule has 0 radical (unpaired) electrons. The fraction of sp³-hybridized carbons (Fsp3) is 0.417. The van der Waals surface area contributed by atoms with Crippen LogP contribution < -0.4 is 11.1 Å². The Morgan fingerprint density at radius 1 is 1.06 bits per heavy atom. The van der Waals surface area contributed by atoms with Gasteiger partial charge in [0.15, 0.2) is 0 Å². The molecule has 31 heavy (non-hydrogen) atoms. The number of hydrogen-bond donors (Lipinski definition) is 2. The highest BCUT2D eigenvalue weighted by Crippen LogP contribution is 2.38. The van der Waals surface area contributed by atoms with Crippen molar-refractivity contribution in [1.29, 1.82) is 0 Å². The van der Waals surface area contributed by atoms with Gasteiger partial charge in [0, 0.05) is 13.5 Å². The van der Waals surface area contributed by atoms with E-state index >= 15 is 0 Å². The molecule has 0 aliphatic heterocycles. The largest absolute Gasteiger partial charge is 0.342 e. The lowest BCUT2D eigenvalue weighted by Gasteiger charge is -2.36. The van der Waals surface area contributed by atoms with E-state index in [1.54, 1.807) is 0 Å². The third-order valence-electron chi connectivity index (χ3n) is 6.40. The number of benzene rings is 2. The van der Waals surface area contributed by atoms with Gasteiger partial charge in [-0.1, -0.05) is 61.7 Å². The Balaban J connectivity index is 0.00000171. The van der Waals surface area contributed by atoms with Crippen LogP contribution in [0.15, 0.2) is 54.6 Å². The Hall–Kier alpha value is -2.08. The first-order valence-corrected chi connectivity index (χ1v) is 10.6. The maximum atomic E-state index is 13.2. The number of carbonyl (C=O) groups excluding carboxylic acids is 1. The summed E-state index contributed by atoms with van der Waals surface area (Å²) in [5, 5.41) is 3.28. The summed E-state index contributed by atoms with van der Waals surface area (Å²) in [7, 11) is 2.01. The fourth-order valence-corrected chi connectivity index (χ4v) is 4.67. The van der Waals surface area contributed by atoms with Crippen LogP contribution in [0.5, 0.6) is 0 Å². The molecule has 1 atom stereocenters. The van der Waals surface area contributed by atoms with Crippen molar-refractivity contribution in [3.63, 3.8) is 0 Å². The lowest BCUT2D eigenvalue weighted by atomic mass is 9.71. The molecule has 1 aromatic heterocycles. The molecule has 1 aliphatic carbocycles. The summed E-state index contributed by atoms with van der Waals surface area (Å²) in [6.07, 6.45) is 6.14. The van der Waals surface area contributed by atoms with Crippen LogP contribution in [0.1, 0.15) is 56.0 Å². The second kappa shape index (κ2) is 11.0. The first kappa shape index (κ1) is 25.2. The third-order valence-corrected chi connectivity index (χ3v) is 6.40. The van der Waals surface area contributed by atoms with Gasteiger partial charge in [-0.05, 0) is 42.5 Å². The minimum atomic E-state index is -0.292. The van der Waals surface area contributed by atoms with E-state index in [2.05, 4.69) is 16.0 Å². The standard InChI is InChI=1S/C24H30N4O.2ClH/c1-28-20-13-7-6-12-19(20)26-23(28)22(18-10-4-2-5-11-18)27-21(29)16-24(17-25)14-8-3-9-15-24;;/h2,4-7,10-13,22H,3,8-9,14-17,25H2,1H3,(H,27,29);2*1H. The second-order valence-corrected chi connectivity index (χ2v) is 8.37. The highest BCUT2D eigenvalue weighted by atomic mass is 35.5. The van der Waals surface area contributed by atoms with E-state index in [9.17, 15) is 4.79 Å². The van der Waals surface area contributed by atoms with Crippen molar-refractivity contribution in [1.82, 2.24) is 14.9 Å². The molecule has 168 valence electrons. The lowest BCUT2D eigenvalue weighted by Crippen LogP contribution is -2.40. The SMILES string of the molecule is Cl.Cl.Cn1c(C(NC(=O)CC2(CN)CCCCC2)c2ccccc2)nc2ccccc21. The summed E-state index contributed by atoms with van der Waals surface area (Å²) in [5.41, 5.74) is 9.09. The number of aromatic nitrogens is 2. The highest BCUT2D eigenvalue weighted by molar-refractivity contribution is 5.85. The molecule has 1 fully saturated rings. The molecule has 3 aromatic rings. The maximum absolute atomic E-state index is 13.2. The van der Waals surface area contributed by atoms with Crippen LogP contribution in [-0.2, 0) is 11.8 Å². The van der Waals surface area contributed by atoms with Gasteiger partial charge < -0.3 is 15.6 Å². The van der Waals surface area contributed by atoms with E-state index in [4.69, 9.17) is 10.7 Å². The predicted octanol–water partition coefficient (Wildman–Crippen LogP) is 4.92. The van der Waals surface area contributed by atoms with Crippen LogP contribution in [0, 0.1) is 5.41 Å². The molecule has 1 heterocycles. The monoisotopic (exact) mass is 462 g/mol. The number of aryl methyl sites for hydroxylation is 1. The molecule has 1 unspecified atom stereocenters. The van der Waals surface area contributed by atoms with Crippen LogP contribution in [0.4, 0.5) is 0 Å². The van der Waals surface area contributed by atoms with Crippen LogP contribution in [0.3, 0.4) is 0 Å². The molecule has 7 heteroatoms. The number of nitrogens with zero attached hydrogens (tertiary/aromatic N) is 2. The molecular weight excluding hydrogens is 431 g/mol. The lowest BCUT2D eigenvalue weighted by molar-refractivity contribution is -0.124. The van der Waals surface area contributed by atoms with Crippen molar-refractivity contribution in [2.24, 2.45) is 18.2 Å². The summed E-state index contributed by atoms with van der Waals surface area (Å²) in [4.78, 5) is 18.0. The average molecular weight is 463 g/mol. The van der Waals surface area contributed by atoms with Gasteiger partial charge in [-0.25, -0.2) is 4.98 Å². The molecule has 0 saturated heterocycles. The Kier molecular flexibility index (Phi) is 8.92. The number of halogens is 2. The molecule has 3 N–H and O–H groups in total. The number of nitrogens with two attached hydrogens (primary N) is 1. The summed E-state index contributed by atoms with van der Waals surface area (Å²) < 4.78 is 2.08. The van der Waals surface area contributed by atoms with Gasteiger partial charge in [-0.15, -0.1) is 24.8 Å². The summed E-state index contributed by atoms with van der Waals surface area (Å²) in [6, 6.07) is 17.9. The maximum Gasteiger partial charge on any atom is 0.221 e. The Morgan fingerprint density at radius 3 is 2.35 bits per heavy atom. The minimum Gasteiger partial charge on any atom is -0.342 e. The van der Waals surface area contributed by atoms with Gasteiger partial charge in [0.25, 0.3) is 0 Å². The number of imidazole rings is 1. The number of hydrogen-bond acceptors (Lipinski definition) is 3. The molecule has 5 nitrogen and oxygen atoms in total. The number of carbonyl (C=O) groups is 1. The Morgan fingerprint density at radius 2 is 1.71 bits per heavy atom. The summed E-state index contributed by atoms with van der Waals surface area (Å²) in [6.45, 7) is 0.572. The molecular formula is C24H32Cl2N4O. The molecule has 1 aliphatic rings. The van der Waals surface area contributed by atoms with Gasteiger partial charge in [-0.3, -0.25) is 4.79 Å². The van der Waals surface area contributed by atoms with Crippen LogP contribution in [0.2, 0.25) is 0 Å². The van der Waals surface area contributed by atoms with E-state index < -0.39 is 0 Å². The van der Waals surface area contributed by atoms with E-state index in [1.165, 1.54) is 6.42 Å². The zero-order valence-corrected chi connectivity index (χ0v) is 19.6. The van der Waals surface area contributed by atoms with Crippen LogP contribution in [0.25, 0.3) is 11.0 Å². The Bertz CT molecular complexity index is 984. The highest BCUT2D eigenvalue weighted by Gasteiger charge is 2.34. The topological polar surface area (TPSA) is 72.9 Å². The van der Waals surface area contributed by atoms with E-state index in [0.29, 0.717) is 13.0 Å². The van der Waals surface area contributed by atoms with Crippen molar-refractivity contribution >= 4 is 41.8 Å². The van der Waals surface area contributed by atoms with Crippen LogP contribution >= 0.6 is 24.8 Å². The molecule has 1 amide bonds. The average Bonchev–Trinajstić information content (AvgIpc) is 3.10. The zero-order chi connectivity index (χ0) is 20.3. The predicted molar refractivity (Wildman–Crippen MR) is 131 cm³/mol. The van der Waals surface area contributed by atoms with Gasteiger partial charge in [-0.2, -0.15) is 0 Å². The van der Waals surface area contributed by atoms with Gasteiger partial charge in [0.1, 0.15) is 11.9 Å². The third kappa shape index (κ3) is 5.40. The van der Waals surface area contributed by atoms with Crippen molar-refractivity contribution in [2.75, 3.05) is 6.54 Å². The first-order chi connectivity index (χ1) is 14.1. The second-order valence-electron chi connectivity index (χ2n) is 8.37. The molecule has 2 aromatic carbocycles. The number of nitrogens with one attached hydrogen (secondary N) is 1.